The predicted octanol–water partition coefficient (Wildman–Crippen LogP) is 2.17. The summed E-state index contributed by atoms with van der Waals surface area (Å²) >= 11 is 0. The zero-order valence-corrected chi connectivity index (χ0v) is 14.9. The van der Waals surface area contributed by atoms with Crippen LogP contribution in [0.3, 0.4) is 0 Å². The molecule has 1 aromatic carbocycles. The molecule has 1 saturated heterocycles. The average molecular weight is 357 g/mol. The van der Waals surface area contributed by atoms with Gasteiger partial charge < -0.3 is 15.3 Å². The molecular weight excluding hydrogens is 333 g/mol. The maximum Gasteiger partial charge on any atom is 0.256 e. The van der Waals surface area contributed by atoms with Gasteiger partial charge in [-0.15, -0.1) is 0 Å². The van der Waals surface area contributed by atoms with Crippen molar-refractivity contribution in [3.8, 4) is 0 Å². The summed E-state index contributed by atoms with van der Waals surface area (Å²) in [7, 11) is 0. The van der Waals surface area contributed by atoms with Crippen molar-refractivity contribution in [3.05, 3.63) is 65.2 Å². The Labute approximate surface area is 152 Å². The van der Waals surface area contributed by atoms with E-state index in [4.69, 9.17) is 0 Å². The van der Waals surface area contributed by atoms with E-state index < -0.39 is 5.60 Å². The molecule has 0 aliphatic carbocycles. The molecule has 1 aliphatic heterocycles. The first-order chi connectivity index (χ1) is 12.5. The number of aryl methyl sites for hydroxylation is 1. The predicted molar refractivity (Wildman–Crippen MR) is 96.7 cm³/mol. The third-order valence-corrected chi connectivity index (χ3v) is 4.66. The molecule has 0 spiro atoms. The molecule has 0 unspecified atom stereocenters. The fourth-order valence-electron chi connectivity index (χ4n) is 3.29. The third-order valence-electron chi connectivity index (χ3n) is 4.66. The molecule has 2 heterocycles. The number of amides is 1. The number of rotatable bonds is 6. The van der Waals surface area contributed by atoms with E-state index in [2.05, 4.69) is 10.3 Å². The fourth-order valence-corrected chi connectivity index (χ4v) is 3.29. The molecule has 2 aromatic rings. The van der Waals surface area contributed by atoms with Crippen LogP contribution in [0.2, 0.25) is 0 Å². The number of hydrogen-bond acceptors (Lipinski definition) is 4. The molecular formula is C20H24FN3O2. The van der Waals surface area contributed by atoms with Gasteiger partial charge in [-0.1, -0.05) is 18.2 Å². The van der Waals surface area contributed by atoms with Crippen LogP contribution in [-0.2, 0) is 17.9 Å². The van der Waals surface area contributed by atoms with Crippen molar-refractivity contribution in [3.63, 3.8) is 0 Å². The number of halogens is 1. The summed E-state index contributed by atoms with van der Waals surface area (Å²) < 4.78 is 13.0. The zero-order valence-electron chi connectivity index (χ0n) is 14.9. The Bertz CT molecular complexity index is 766. The van der Waals surface area contributed by atoms with Crippen molar-refractivity contribution in [2.24, 2.45) is 0 Å². The van der Waals surface area contributed by atoms with Gasteiger partial charge in [0.15, 0.2) is 5.60 Å². The Hall–Kier alpha value is -2.31. The summed E-state index contributed by atoms with van der Waals surface area (Å²) in [5.74, 6) is -0.582. The number of nitrogens with zero attached hydrogens (tertiary/aromatic N) is 2. The lowest BCUT2D eigenvalue weighted by Gasteiger charge is -2.38. The number of carbonyl (C=O) groups excluding carboxylic acids is 1. The molecule has 1 amide bonds. The van der Waals surface area contributed by atoms with Crippen molar-refractivity contribution in [2.45, 2.75) is 38.5 Å². The van der Waals surface area contributed by atoms with Gasteiger partial charge in [-0.2, -0.15) is 0 Å². The average Bonchev–Trinajstić information content (AvgIpc) is 2.61. The second-order valence-corrected chi connectivity index (χ2v) is 6.86. The monoisotopic (exact) mass is 357 g/mol. The van der Waals surface area contributed by atoms with Crippen LogP contribution in [0.4, 0.5) is 4.39 Å². The maximum absolute atomic E-state index is 13.0. The molecule has 0 bridgehead atoms. The Balaban J connectivity index is 1.59. The Morgan fingerprint density at radius 1 is 1.27 bits per heavy atom. The molecule has 1 aliphatic rings. The van der Waals surface area contributed by atoms with E-state index in [-0.39, 0.29) is 18.3 Å². The number of piperidine rings is 1. The Morgan fingerprint density at radius 2 is 2.04 bits per heavy atom. The lowest BCUT2D eigenvalue weighted by molar-refractivity contribution is -0.157. The van der Waals surface area contributed by atoms with Gasteiger partial charge in [0.25, 0.3) is 5.91 Å². The van der Waals surface area contributed by atoms with E-state index in [0.29, 0.717) is 26.1 Å². The minimum Gasteiger partial charge on any atom is -0.379 e. The van der Waals surface area contributed by atoms with E-state index in [1.165, 1.54) is 12.1 Å². The van der Waals surface area contributed by atoms with Crippen molar-refractivity contribution in [2.75, 3.05) is 13.1 Å². The number of carbonyl (C=O) groups is 1. The number of nitrogens with one attached hydrogen (secondary N) is 1. The lowest BCUT2D eigenvalue weighted by Crippen LogP contribution is -2.57. The molecule has 1 atom stereocenters. The summed E-state index contributed by atoms with van der Waals surface area (Å²) in [5.41, 5.74) is 1.24. The summed E-state index contributed by atoms with van der Waals surface area (Å²) in [6, 6.07) is 11.9. The molecule has 6 heteroatoms. The normalized spacial score (nSPS) is 20.4. The van der Waals surface area contributed by atoms with Crippen LogP contribution in [0, 0.1) is 12.7 Å². The topological polar surface area (TPSA) is 65.5 Å². The summed E-state index contributed by atoms with van der Waals surface area (Å²) in [6.07, 6.45) is 1.16. The van der Waals surface area contributed by atoms with E-state index in [1.54, 1.807) is 17.0 Å². The fraction of sp³-hybridized carbons (Fsp3) is 0.400. The van der Waals surface area contributed by atoms with E-state index in [1.807, 2.05) is 25.1 Å². The summed E-state index contributed by atoms with van der Waals surface area (Å²) in [5, 5.41) is 14.0. The highest BCUT2D eigenvalue weighted by molar-refractivity contribution is 5.86. The highest BCUT2D eigenvalue weighted by Gasteiger charge is 2.41. The molecule has 0 radical (unpaired) electrons. The van der Waals surface area contributed by atoms with Gasteiger partial charge in [0, 0.05) is 31.9 Å². The number of likely N-dealkylation sites (tertiary alicyclic amines) is 1. The molecule has 26 heavy (non-hydrogen) atoms. The first kappa shape index (κ1) is 18.5. The van der Waals surface area contributed by atoms with Crippen molar-refractivity contribution >= 4 is 5.91 Å². The number of aromatic nitrogens is 1. The summed E-state index contributed by atoms with van der Waals surface area (Å²) in [4.78, 5) is 18.8. The molecule has 2 N–H and O–H groups in total. The van der Waals surface area contributed by atoms with E-state index in [9.17, 15) is 14.3 Å². The highest BCUT2D eigenvalue weighted by Crippen LogP contribution is 2.24. The highest BCUT2D eigenvalue weighted by atomic mass is 19.1. The molecule has 1 aromatic heterocycles. The van der Waals surface area contributed by atoms with Crippen LogP contribution in [0.1, 0.15) is 29.8 Å². The van der Waals surface area contributed by atoms with Gasteiger partial charge >= 0.3 is 0 Å². The van der Waals surface area contributed by atoms with Gasteiger partial charge in [0.05, 0.1) is 5.69 Å². The van der Waals surface area contributed by atoms with E-state index in [0.717, 1.165) is 23.4 Å². The molecule has 5 nitrogen and oxygen atoms in total. The van der Waals surface area contributed by atoms with E-state index >= 15 is 0 Å². The van der Waals surface area contributed by atoms with Crippen LogP contribution >= 0.6 is 0 Å². The maximum atomic E-state index is 13.0. The van der Waals surface area contributed by atoms with Crippen LogP contribution in [-0.4, -0.2) is 39.6 Å². The lowest BCUT2D eigenvalue weighted by atomic mass is 9.91. The van der Waals surface area contributed by atoms with Crippen LogP contribution in [0.5, 0.6) is 0 Å². The molecule has 138 valence electrons. The zero-order chi connectivity index (χ0) is 18.6. The van der Waals surface area contributed by atoms with Crippen molar-refractivity contribution < 1.29 is 14.3 Å². The van der Waals surface area contributed by atoms with Gasteiger partial charge in [0.1, 0.15) is 5.82 Å². The van der Waals surface area contributed by atoms with Gasteiger partial charge in [-0.3, -0.25) is 9.78 Å². The minimum absolute atomic E-state index is 0.182. The number of aliphatic hydroxyl groups is 1. The van der Waals surface area contributed by atoms with Crippen molar-refractivity contribution in [1.82, 2.24) is 15.2 Å². The van der Waals surface area contributed by atoms with Gasteiger partial charge in [0.2, 0.25) is 0 Å². The first-order valence-corrected chi connectivity index (χ1v) is 8.86. The Morgan fingerprint density at radius 3 is 2.77 bits per heavy atom. The summed E-state index contributed by atoms with van der Waals surface area (Å²) in [6.45, 7) is 3.57. The van der Waals surface area contributed by atoms with Crippen LogP contribution in [0.15, 0.2) is 42.5 Å². The number of pyridine rings is 1. The largest absolute Gasteiger partial charge is 0.379 e. The van der Waals surface area contributed by atoms with Crippen molar-refractivity contribution in [1.29, 1.82) is 0 Å². The smallest absolute Gasteiger partial charge is 0.256 e. The number of hydrogen-bond donors (Lipinski definition) is 2. The number of benzene rings is 1. The second kappa shape index (κ2) is 7.93. The van der Waals surface area contributed by atoms with Gasteiger partial charge in [-0.25, -0.2) is 4.39 Å². The van der Waals surface area contributed by atoms with Gasteiger partial charge in [-0.05, 0) is 49.6 Å². The quantitative estimate of drug-likeness (QED) is 0.832. The first-order valence-electron chi connectivity index (χ1n) is 8.86. The Kier molecular flexibility index (Phi) is 5.64. The molecule has 3 rings (SSSR count). The standard InChI is InChI=1S/C20H24FN3O2/c1-15-4-2-5-18(23-15)12-22-14-20(26)10-3-11-24(19(20)25)13-16-6-8-17(21)9-7-16/h2,4-9,22,26H,3,10-14H2,1H3/t20-/m1/s1. The molecule has 1 fully saturated rings. The van der Waals surface area contributed by atoms with Crippen LogP contribution in [0.25, 0.3) is 0 Å². The third kappa shape index (κ3) is 4.45. The minimum atomic E-state index is -1.41. The second-order valence-electron chi connectivity index (χ2n) is 6.86. The SMILES string of the molecule is Cc1cccc(CNC[C@]2(O)CCCN(Cc3ccc(F)cc3)C2=O)n1. The molecule has 0 saturated carbocycles. The van der Waals surface area contributed by atoms with Crippen LogP contribution < -0.4 is 5.32 Å².